The van der Waals surface area contributed by atoms with Crippen LogP contribution in [0.1, 0.15) is 15.4 Å². The van der Waals surface area contributed by atoms with Gasteiger partial charge in [0.15, 0.2) is 0 Å². The van der Waals surface area contributed by atoms with E-state index in [2.05, 4.69) is 10.4 Å². The highest BCUT2D eigenvalue weighted by molar-refractivity contribution is 7.14. The van der Waals surface area contributed by atoms with Crippen molar-refractivity contribution in [1.29, 1.82) is 0 Å². The van der Waals surface area contributed by atoms with E-state index in [9.17, 15) is 4.79 Å². The smallest absolute Gasteiger partial charge is 0.331 e. The molecule has 3 rings (SSSR count). The summed E-state index contributed by atoms with van der Waals surface area (Å²) in [5.74, 6) is -0.351. The molecule has 0 saturated heterocycles. The van der Waals surface area contributed by atoms with Gasteiger partial charge in [-0.1, -0.05) is 0 Å². The van der Waals surface area contributed by atoms with Gasteiger partial charge >= 0.3 is 5.97 Å². The minimum absolute atomic E-state index is 0.202. The Labute approximate surface area is 140 Å². The number of carbonyl (C=O) groups is 1. The van der Waals surface area contributed by atoms with E-state index in [0.29, 0.717) is 0 Å². The lowest BCUT2D eigenvalue weighted by Gasteiger charge is -1.98. The number of aryl methyl sites for hydroxylation is 1. The van der Waals surface area contributed by atoms with Crippen LogP contribution in [0.4, 0.5) is 0 Å². The molecule has 0 unspecified atom stereocenters. The Hall–Kier alpha value is -1.76. The fourth-order valence-electron chi connectivity index (χ4n) is 1.78. The van der Waals surface area contributed by atoms with Gasteiger partial charge in [-0.25, -0.2) is 9.78 Å². The molecule has 0 spiro atoms. The summed E-state index contributed by atoms with van der Waals surface area (Å²) < 4.78 is 5.21. The van der Waals surface area contributed by atoms with Crippen LogP contribution in [-0.2, 0) is 16.1 Å². The summed E-state index contributed by atoms with van der Waals surface area (Å²) in [6.07, 6.45) is 3.23. The van der Waals surface area contributed by atoms with Crippen molar-refractivity contribution in [3.63, 3.8) is 0 Å². The van der Waals surface area contributed by atoms with Gasteiger partial charge in [-0.05, 0) is 36.6 Å². The molecule has 3 heterocycles. The monoisotopic (exact) mass is 347 g/mol. The predicted molar refractivity (Wildman–Crippen MR) is 93.3 cm³/mol. The quantitative estimate of drug-likeness (QED) is 0.482. The van der Waals surface area contributed by atoms with Crippen LogP contribution in [0.5, 0.6) is 0 Å². The highest BCUT2D eigenvalue weighted by atomic mass is 32.1. The van der Waals surface area contributed by atoms with Crippen molar-refractivity contribution >= 4 is 46.1 Å². The number of nitrogens with zero attached hydrogens (tertiary/aromatic N) is 1. The summed E-state index contributed by atoms with van der Waals surface area (Å²) in [6, 6.07) is 6.04. The van der Waals surface area contributed by atoms with Crippen LogP contribution >= 0.6 is 34.0 Å². The number of ether oxygens (including phenoxy) is 1. The van der Waals surface area contributed by atoms with Gasteiger partial charge in [0.05, 0.1) is 5.69 Å². The third-order valence-electron chi connectivity index (χ3n) is 2.83. The van der Waals surface area contributed by atoms with Crippen molar-refractivity contribution in [2.75, 3.05) is 0 Å². The first-order valence-electron chi connectivity index (χ1n) is 6.59. The highest BCUT2D eigenvalue weighted by Crippen LogP contribution is 2.25. The first-order valence-corrected chi connectivity index (χ1v) is 9.23. The molecule has 0 bridgehead atoms. The van der Waals surface area contributed by atoms with Gasteiger partial charge in [-0.15, -0.1) is 22.7 Å². The molecule has 6 heteroatoms. The lowest BCUT2D eigenvalue weighted by atomic mass is 10.3. The van der Waals surface area contributed by atoms with E-state index in [1.807, 2.05) is 35.9 Å². The molecular weight excluding hydrogens is 334 g/mol. The van der Waals surface area contributed by atoms with Gasteiger partial charge in [0.1, 0.15) is 11.6 Å². The molecule has 0 aromatic carbocycles. The van der Waals surface area contributed by atoms with E-state index in [0.717, 1.165) is 21.1 Å². The number of thiazole rings is 1. The van der Waals surface area contributed by atoms with E-state index >= 15 is 0 Å². The van der Waals surface area contributed by atoms with Crippen molar-refractivity contribution in [3.05, 3.63) is 55.9 Å². The van der Waals surface area contributed by atoms with E-state index in [-0.39, 0.29) is 12.6 Å². The minimum Gasteiger partial charge on any atom is -0.456 e. The standard InChI is InChI=1S/C16H13NO2S3/c1-11-2-3-14(22-11)4-5-15(18)19-8-13-10-21-16(17-13)12-6-7-20-9-12/h2-7,9-10H,8H2,1H3/b5-4+. The summed E-state index contributed by atoms with van der Waals surface area (Å²) in [6.45, 7) is 2.24. The minimum atomic E-state index is -0.351. The van der Waals surface area contributed by atoms with Gasteiger partial charge in [0, 0.05) is 32.2 Å². The van der Waals surface area contributed by atoms with Crippen LogP contribution in [0, 0.1) is 6.92 Å². The summed E-state index contributed by atoms with van der Waals surface area (Å²) >= 11 is 4.84. The molecule has 0 amide bonds. The highest BCUT2D eigenvalue weighted by Gasteiger charge is 2.06. The zero-order valence-corrected chi connectivity index (χ0v) is 14.3. The zero-order valence-electron chi connectivity index (χ0n) is 11.8. The number of thiophene rings is 2. The third-order valence-corrected chi connectivity index (χ3v) is 5.42. The Morgan fingerprint density at radius 3 is 2.95 bits per heavy atom. The van der Waals surface area contributed by atoms with Crippen LogP contribution in [0.15, 0.2) is 40.4 Å². The van der Waals surface area contributed by atoms with E-state index in [1.54, 1.807) is 40.1 Å². The van der Waals surface area contributed by atoms with Gasteiger partial charge in [0.2, 0.25) is 0 Å². The maximum Gasteiger partial charge on any atom is 0.331 e. The molecule has 3 nitrogen and oxygen atoms in total. The molecular formula is C16H13NO2S3. The summed E-state index contributed by atoms with van der Waals surface area (Å²) in [7, 11) is 0. The molecule has 0 fully saturated rings. The number of aromatic nitrogens is 1. The van der Waals surface area contributed by atoms with Gasteiger partial charge in [-0.2, -0.15) is 11.3 Å². The number of carbonyl (C=O) groups excluding carboxylic acids is 1. The number of hydrogen-bond acceptors (Lipinski definition) is 6. The van der Waals surface area contributed by atoms with Crippen LogP contribution in [0.25, 0.3) is 16.6 Å². The molecule has 22 heavy (non-hydrogen) atoms. The number of rotatable bonds is 5. The molecule has 0 N–H and O–H groups in total. The lowest BCUT2D eigenvalue weighted by molar-refractivity contribution is -0.139. The largest absolute Gasteiger partial charge is 0.456 e. The maximum atomic E-state index is 11.7. The van der Waals surface area contributed by atoms with Crippen molar-refractivity contribution in [3.8, 4) is 10.6 Å². The van der Waals surface area contributed by atoms with Crippen molar-refractivity contribution < 1.29 is 9.53 Å². The second-order valence-electron chi connectivity index (χ2n) is 4.55. The maximum absolute atomic E-state index is 11.7. The molecule has 0 saturated carbocycles. The summed E-state index contributed by atoms with van der Waals surface area (Å²) in [5.41, 5.74) is 1.89. The van der Waals surface area contributed by atoms with Gasteiger partial charge in [0.25, 0.3) is 0 Å². The summed E-state index contributed by atoms with van der Waals surface area (Å²) in [4.78, 5) is 18.4. The molecule has 0 radical (unpaired) electrons. The Kier molecular flexibility index (Phi) is 4.82. The Balaban J connectivity index is 1.54. The molecule has 0 aliphatic carbocycles. The fourth-order valence-corrected chi connectivity index (χ4v) is 4.07. The average molecular weight is 347 g/mol. The average Bonchev–Trinajstić information content (AvgIpc) is 3.23. The Bertz CT molecular complexity index is 784. The number of esters is 1. The molecule has 112 valence electrons. The number of hydrogen-bond donors (Lipinski definition) is 0. The second kappa shape index (κ2) is 7.00. The predicted octanol–water partition coefficient (Wildman–Crippen LogP) is 5.00. The van der Waals surface area contributed by atoms with E-state index < -0.39 is 0 Å². The normalized spacial score (nSPS) is 11.1. The van der Waals surface area contributed by atoms with Gasteiger partial charge in [-0.3, -0.25) is 0 Å². The van der Waals surface area contributed by atoms with Crippen molar-refractivity contribution in [1.82, 2.24) is 4.98 Å². The molecule has 0 aliphatic rings. The van der Waals surface area contributed by atoms with Crippen LogP contribution in [0.3, 0.4) is 0 Å². The first kappa shape index (κ1) is 15.1. The van der Waals surface area contributed by atoms with Crippen molar-refractivity contribution in [2.24, 2.45) is 0 Å². The van der Waals surface area contributed by atoms with Crippen LogP contribution in [0.2, 0.25) is 0 Å². The second-order valence-corrected chi connectivity index (χ2v) is 7.50. The lowest BCUT2D eigenvalue weighted by Crippen LogP contribution is -2.00. The van der Waals surface area contributed by atoms with Crippen molar-refractivity contribution in [2.45, 2.75) is 13.5 Å². The molecule has 0 aliphatic heterocycles. The summed E-state index contributed by atoms with van der Waals surface area (Å²) in [5, 5.41) is 6.96. The first-order chi connectivity index (χ1) is 10.7. The zero-order chi connectivity index (χ0) is 15.4. The fraction of sp³-hybridized carbons (Fsp3) is 0.125. The SMILES string of the molecule is Cc1ccc(/C=C/C(=O)OCc2csc(-c3ccsc3)n2)s1. The topological polar surface area (TPSA) is 39.2 Å². The Morgan fingerprint density at radius 2 is 2.23 bits per heavy atom. The molecule has 3 aromatic rings. The van der Waals surface area contributed by atoms with E-state index in [4.69, 9.17) is 4.74 Å². The van der Waals surface area contributed by atoms with E-state index in [1.165, 1.54) is 11.0 Å². The Morgan fingerprint density at radius 1 is 1.32 bits per heavy atom. The van der Waals surface area contributed by atoms with Crippen LogP contribution in [-0.4, -0.2) is 11.0 Å². The van der Waals surface area contributed by atoms with Gasteiger partial charge < -0.3 is 4.74 Å². The molecule has 3 aromatic heterocycles. The third kappa shape index (κ3) is 3.91. The van der Waals surface area contributed by atoms with Crippen LogP contribution < -0.4 is 0 Å². The molecule has 0 atom stereocenters.